The van der Waals surface area contributed by atoms with Crippen LogP contribution in [-0.2, 0) is 4.74 Å². The molecule has 0 heterocycles. The highest BCUT2D eigenvalue weighted by atomic mass is 35.5. The van der Waals surface area contributed by atoms with E-state index in [9.17, 15) is 0 Å². The summed E-state index contributed by atoms with van der Waals surface area (Å²) < 4.78 is 5.24. The number of rotatable bonds is 2. The van der Waals surface area contributed by atoms with Crippen LogP contribution in [0.5, 0.6) is 0 Å². The lowest BCUT2D eigenvalue weighted by atomic mass is 9.93. The summed E-state index contributed by atoms with van der Waals surface area (Å²) in [5.74, 6) is 0. The Bertz CT molecular complexity index is 121. The Labute approximate surface area is 73.3 Å². The van der Waals surface area contributed by atoms with Gasteiger partial charge in [-0.25, -0.2) is 0 Å². The Morgan fingerprint density at radius 3 is 2.64 bits per heavy atom. The molecule has 3 atom stereocenters. The fourth-order valence-corrected chi connectivity index (χ4v) is 2.06. The molecule has 0 aromatic rings. The van der Waals surface area contributed by atoms with Crippen LogP contribution in [0, 0.1) is 0 Å². The third-order valence-electron chi connectivity index (χ3n) is 2.42. The van der Waals surface area contributed by atoms with Gasteiger partial charge in [-0.3, -0.25) is 0 Å². The first-order chi connectivity index (χ1) is 5.27. The first-order valence-corrected chi connectivity index (χ1v) is 4.55. The second-order valence-electron chi connectivity index (χ2n) is 3.09. The summed E-state index contributed by atoms with van der Waals surface area (Å²) in [6, 6.07) is 0.587. The van der Waals surface area contributed by atoms with Gasteiger partial charge in [-0.05, 0) is 26.3 Å². The zero-order chi connectivity index (χ0) is 8.27. The van der Waals surface area contributed by atoms with Crippen molar-refractivity contribution in [3.63, 3.8) is 0 Å². The summed E-state index contributed by atoms with van der Waals surface area (Å²) in [6.07, 6.45) is 3.55. The largest absolute Gasteiger partial charge is 0.380 e. The molecule has 2 nitrogen and oxygen atoms in total. The van der Waals surface area contributed by atoms with Gasteiger partial charge in [-0.15, -0.1) is 11.6 Å². The first kappa shape index (κ1) is 9.30. The van der Waals surface area contributed by atoms with Crippen molar-refractivity contribution in [2.45, 2.75) is 36.8 Å². The number of nitrogens with one attached hydrogen (secondary N) is 1. The number of methoxy groups -OCH3 is 1. The number of hydrogen-bond acceptors (Lipinski definition) is 2. The highest BCUT2D eigenvalue weighted by Crippen LogP contribution is 2.25. The Morgan fingerprint density at radius 1 is 1.45 bits per heavy atom. The zero-order valence-corrected chi connectivity index (χ0v) is 7.90. The Balaban J connectivity index is 2.34. The number of ether oxygens (including phenoxy) is 1. The van der Waals surface area contributed by atoms with E-state index in [1.165, 1.54) is 6.42 Å². The fraction of sp³-hybridized carbons (Fsp3) is 1.00. The van der Waals surface area contributed by atoms with E-state index in [1.54, 1.807) is 7.11 Å². The van der Waals surface area contributed by atoms with E-state index in [1.807, 2.05) is 7.05 Å². The normalized spacial score (nSPS) is 39.0. The van der Waals surface area contributed by atoms with E-state index >= 15 is 0 Å². The molecule has 0 spiro atoms. The Hall–Kier alpha value is 0.210. The third kappa shape index (κ3) is 2.32. The van der Waals surface area contributed by atoms with Crippen molar-refractivity contribution in [2.75, 3.05) is 14.2 Å². The maximum Gasteiger partial charge on any atom is 0.0736 e. The average molecular weight is 178 g/mol. The maximum absolute atomic E-state index is 6.09. The summed E-state index contributed by atoms with van der Waals surface area (Å²) in [4.78, 5) is 0. The summed E-state index contributed by atoms with van der Waals surface area (Å²) >= 11 is 6.09. The summed E-state index contributed by atoms with van der Waals surface area (Å²) in [6.45, 7) is 0. The molecule has 3 unspecified atom stereocenters. The molecule has 1 aliphatic carbocycles. The van der Waals surface area contributed by atoms with Crippen molar-refractivity contribution in [2.24, 2.45) is 0 Å². The van der Waals surface area contributed by atoms with Crippen molar-refractivity contribution in [1.29, 1.82) is 0 Å². The molecule has 0 aromatic carbocycles. The van der Waals surface area contributed by atoms with Crippen molar-refractivity contribution in [3.8, 4) is 0 Å². The predicted molar refractivity (Wildman–Crippen MR) is 47.1 cm³/mol. The quantitative estimate of drug-likeness (QED) is 0.644. The average Bonchev–Trinajstić information content (AvgIpc) is 2.04. The molecule has 0 amide bonds. The van der Waals surface area contributed by atoms with Gasteiger partial charge in [0.15, 0.2) is 0 Å². The molecule has 0 aliphatic heterocycles. The standard InChI is InChI=1S/C8H16ClNO/c1-10-6-3-4-8(11-2)7(9)5-6/h6-8,10H,3-5H2,1-2H3. The van der Waals surface area contributed by atoms with Gasteiger partial charge in [0.1, 0.15) is 0 Å². The number of hydrogen-bond donors (Lipinski definition) is 1. The molecule has 0 saturated heterocycles. The predicted octanol–water partition coefficient (Wildman–Crippen LogP) is 1.38. The Morgan fingerprint density at radius 2 is 2.18 bits per heavy atom. The van der Waals surface area contributed by atoms with E-state index in [0.29, 0.717) is 6.04 Å². The van der Waals surface area contributed by atoms with Crippen LogP contribution in [0.15, 0.2) is 0 Å². The van der Waals surface area contributed by atoms with E-state index < -0.39 is 0 Å². The van der Waals surface area contributed by atoms with Gasteiger partial charge < -0.3 is 10.1 Å². The Kier molecular flexibility index (Phi) is 3.63. The van der Waals surface area contributed by atoms with Crippen molar-refractivity contribution >= 4 is 11.6 Å². The molecule has 1 N–H and O–H groups in total. The van der Waals surface area contributed by atoms with Crippen LogP contribution in [0.2, 0.25) is 0 Å². The molecule has 3 heteroatoms. The van der Waals surface area contributed by atoms with Gasteiger partial charge in [0, 0.05) is 13.2 Å². The maximum atomic E-state index is 6.09. The van der Waals surface area contributed by atoms with Crippen LogP contribution in [0.25, 0.3) is 0 Å². The molecule has 11 heavy (non-hydrogen) atoms. The van der Waals surface area contributed by atoms with Gasteiger partial charge in [0.05, 0.1) is 11.5 Å². The minimum absolute atomic E-state index is 0.186. The van der Waals surface area contributed by atoms with Gasteiger partial charge in [-0.2, -0.15) is 0 Å². The van der Waals surface area contributed by atoms with Crippen LogP contribution >= 0.6 is 11.6 Å². The smallest absolute Gasteiger partial charge is 0.0736 e. The lowest BCUT2D eigenvalue weighted by Gasteiger charge is -2.31. The molecule has 1 saturated carbocycles. The SMILES string of the molecule is CNC1CCC(OC)C(Cl)C1. The topological polar surface area (TPSA) is 21.3 Å². The van der Waals surface area contributed by atoms with Gasteiger partial charge in [-0.1, -0.05) is 0 Å². The minimum atomic E-state index is 0.186. The van der Waals surface area contributed by atoms with Crippen molar-refractivity contribution in [1.82, 2.24) is 5.32 Å². The summed E-state index contributed by atoms with van der Waals surface area (Å²) in [5, 5.41) is 3.43. The molecule has 1 aliphatic rings. The second-order valence-corrected chi connectivity index (χ2v) is 3.65. The van der Waals surface area contributed by atoms with E-state index in [2.05, 4.69) is 5.32 Å². The molecule has 66 valence electrons. The number of halogens is 1. The lowest BCUT2D eigenvalue weighted by molar-refractivity contribution is 0.0670. The van der Waals surface area contributed by atoms with E-state index in [4.69, 9.17) is 16.3 Å². The highest BCUT2D eigenvalue weighted by molar-refractivity contribution is 6.21. The van der Waals surface area contributed by atoms with Crippen LogP contribution in [-0.4, -0.2) is 31.7 Å². The molecule has 0 aromatic heterocycles. The van der Waals surface area contributed by atoms with Crippen LogP contribution < -0.4 is 5.32 Å². The molecular weight excluding hydrogens is 162 g/mol. The third-order valence-corrected chi connectivity index (χ3v) is 2.88. The molecule has 1 rings (SSSR count). The van der Waals surface area contributed by atoms with E-state index in [0.717, 1.165) is 12.8 Å². The molecule has 1 fully saturated rings. The lowest BCUT2D eigenvalue weighted by Crippen LogP contribution is -2.39. The molecular formula is C8H16ClNO. The van der Waals surface area contributed by atoms with Crippen LogP contribution in [0.3, 0.4) is 0 Å². The van der Waals surface area contributed by atoms with Crippen molar-refractivity contribution < 1.29 is 4.74 Å². The first-order valence-electron chi connectivity index (χ1n) is 4.12. The summed E-state index contributed by atoms with van der Waals surface area (Å²) in [5.41, 5.74) is 0. The van der Waals surface area contributed by atoms with Crippen molar-refractivity contribution in [3.05, 3.63) is 0 Å². The molecule has 0 radical (unpaired) electrons. The fourth-order valence-electron chi connectivity index (χ4n) is 1.62. The van der Waals surface area contributed by atoms with Crippen LogP contribution in [0.1, 0.15) is 19.3 Å². The van der Waals surface area contributed by atoms with Crippen LogP contribution in [0.4, 0.5) is 0 Å². The van der Waals surface area contributed by atoms with E-state index in [-0.39, 0.29) is 11.5 Å². The van der Waals surface area contributed by atoms with Gasteiger partial charge in [0.2, 0.25) is 0 Å². The van der Waals surface area contributed by atoms with Gasteiger partial charge in [0.25, 0.3) is 0 Å². The number of alkyl halides is 1. The monoisotopic (exact) mass is 177 g/mol. The molecule has 0 bridgehead atoms. The minimum Gasteiger partial charge on any atom is -0.380 e. The zero-order valence-electron chi connectivity index (χ0n) is 7.14. The highest BCUT2D eigenvalue weighted by Gasteiger charge is 2.27. The van der Waals surface area contributed by atoms with Gasteiger partial charge >= 0.3 is 0 Å². The summed E-state index contributed by atoms with van der Waals surface area (Å²) in [7, 11) is 3.72. The second kappa shape index (κ2) is 4.29.